The van der Waals surface area contributed by atoms with Crippen molar-refractivity contribution < 1.29 is 4.74 Å². The number of rotatable bonds is 5. The maximum absolute atomic E-state index is 5.61. The van der Waals surface area contributed by atoms with E-state index in [0.717, 1.165) is 23.6 Å². The van der Waals surface area contributed by atoms with Gasteiger partial charge in [0.25, 0.3) is 0 Å². The van der Waals surface area contributed by atoms with Crippen LogP contribution in [0.1, 0.15) is 19.5 Å². The molecule has 0 bridgehead atoms. The Labute approximate surface area is 107 Å². The van der Waals surface area contributed by atoms with Gasteiger partial charge in [-0.3, -0.25) is 0 Å². The first kappa shape index (κ1) is 12.6. The van der Waals surface area contributed by atoms with E-state index < -0.39 is 0 Å². The quantitative estimate of drug-likeness (QED) is 0.878. The summed E-state index contributed by atoms with van der Waals surface area (Å²) in [7, 11) is 0. The molecule has 0 radical (unpaired) electrons. The molecule has 0 fully saturated rings. The molecular formula is C14H19N3O. The molecule has 1 aromatic carbocycles. The van der Waals surface area contributed by atoms with Crippen LogP contribution in [0.5, 0.6) is 5.75 Å². The van der Waals surface area contributed by atoms with Crippen LogP contribution >= 0.6 is 0 Å². The first-order valence-electron chi connectivity index (χ1n) is 6.19. The molecule has 0 saturated carbocycles. The molecule has 4 nitrogen and oxygen atoms in total. The van der Waals surface area contributed by atoms with Crippen molar-refractivity contribution >= 4 is 0 Å². The summed E-state index contributed by atoms with van der Waals surface area (Å²) in [6.07, 6.45) is 4.82. The van der Waals surface area contributed by atoms with Gasteiger partial charge in [-0.25, -0.2) is 4.98 Å². The first-order chi connectivity index (χ1) is 8.69. The zero-order valence-corrected chi connectivity index (χ0v) is 10.8. The van der Waals surface area contributed by atoms with Crippen molar-refractivity contribution in [3.8, 4) is 11.4 Å². The Morgan fingerprint density at radius 3 is 2.61 bits per heavy atom. The van der Waals surface area contributed by atoms with Gasteiger partial charge >= 0.3 is 0 Å². The van der Waals surface area contributed by atoms with Crippen LogP contribution < -0.4 is 10.5 Å². The second-order valence-corrected chi connectivity index (χ2v) is 4.47. The zero-order valence-electron chi connectivity index (χ0n) is 10.8. The molecule has 2 N–H and O–H groups in total. The van der Waals surface area contributed by atoms with Gasteiger partial charge in [0.15, 0.2) is 0 Å². The van der Waals surface area contributed by atoms with Crippen molar-refractivity contribution in [3.05, 3.63) is 42.5 Å². The van der Waals surface area contributed by atoms with Gasteiger partial charge in [-0.1, -0.05) is 0 Å². The number of aromatic nitrogens is 2. The fourth-order valence-corrected chi connectivity index (χ4v) is 1.75. The van der Waals surface area contributed by atoms with Gasteiger partial charge in [0.2, 0.25) is 0 Å². The molecule has 96 valence electrons. The summed E-state index contributed by atoms with van der Waals surface area (Å²) in [6.45, 7) is 4.66. The van der Waals surface area contributed by atoms with Gasteiger partial charge in [0.05, 0.1) is 18.1 Å². The summed E-state index contributed by atoms with van der Waals surface area (Å²) in [6, 6.07) is 7.98. The minimum absolute atomic E-state index is 0.195. The topological polar surface area (TPSA) is 53.1 Å². The highest BCUT2D eigenvalue weighted by molar-refractivity contribution is 5.37. The van der Waals surface area contributed by atoms with E-state index in [9.17, 15) is 0 Å². The van der Waals surface area contributed by atoms with Crippen molar-refractivity contribution in [2.45, 2.75) is 26.4 Å². The molecule has 1 aromatic heterocycles. The third kappa shape index (κ3) is 3.11. The maximum Gasteiger partial charge on any atom is 0.119 e. The lowest BCUT2D eigenvalue weighted by molar-refractivity contribution is 0.242. The van der Waals surface area contributed by atoms with Crippen LogP contribution in [0.15, 0.2) is 36.8 Å². The van der Waals surface area contributed by atoms with E-state index >= 15 is 0 Å². The van der Waals surface area contributed by atoms with Gasteiger partial charge in [-0.15, -0.1) is 0 Å². The van der Waals surface area contributed by atoms with Gasteiger partial charge < -0.3 is 15.0 Å². The predicted molar refractivity (Wildman–Crippen MR) is 72.1 cm³/mol. The smallest absolute Gasteiger partial charge is 0.119 e. The highest BCUT2D eigenvalue weighted by atomic mass is 16.5. The molecule has 0 aliphatic rings. The molecule has 1 heterocycles. The summed E-state index contributed by atoms with van der Waals surface area (Å²) >= 11 is 0. The molecule has 4 heteroatoms. The lowest BCUT2D eigenvalue weighted by atomic mass is 10.3. The van der Waals surface area contributed by atoms with Crippen molar-refractivity contribution in [3.63, 3.8) is 0 Å². The van der Waals surface area contributed by atoms with E-state index in [4.69, 9.17) is 10.5 Å². The van der Waals surface area contributed by atoms with Crippen LogP contribution in [-0.2, 0) is 6.42 Å². The average molecular weight is 245 g/mol. The molecule has 0 spiro atoms. The SMILES string of the molecule is CC(C)Oc1ccc(-n2cnc(CCN)c2)cc1. The number of benzene rings is 1. The van der Waals surface area contributed by atoms with Crippen LogP contribution in [0.25, 0.3) is 5.69 Å². The average Bonchev–Trinajstić information content (AvgIpc) is 2.78. The van der Waals surface area contributed by atoms with Gasteiger partial charge in [0, 0.05) is 18.3 Å². The Balaban J connectivity index is 2.12. The standard InChI is InChI=1S/C14H19N3O/c1-11(2)18-14-5-3-13(4-6-14)17-9-12(7-8-15)16-10-17/h3-6,9-11H,7-8,15H2,1-2H3. The van der Waals surface area contributed by atoms with Crippen LogP contribution in [0.2, 0.25) is 0 Å². The molecular weight excluding hydrogens is 226 g/mol. The minimum Gasteiger partial charge on any atom is -0.491 e. The van der Waals surface area contributed by atoms with Crippen molar-refractivity contribution in [1.29, 1.82) is 0 Å². The van der Waals surface area contributed by atoms with Crippen molar-refractivity contribution in [2.75, 3.05) is 6.54 Å². The maximum atomic E-state index is 5.61. The zero-order chi connectivity index (χ0) is 13.0. The van der Waals surface area contributed by atoms with Gasteiger partial charge in [-0.2, -0.15) is 0 Å². The monoisotopic (exact) mass is 245 g/mol. The second-order valence-electron chi connectivity index (χ2n) is 4.47. The summed E-state index contributed by atoms with van der Waals surface area (Å²) in [5.41, 5.74) is 7.59. The van der Waals surface area contributed by atoms with Crippen LogP contribution in [-0.4, -0.2) is 22.2 Å². The summed E-state index contributed by atoms with van der Waals surface area (Å²) in [4.78, 5) is 4.30. The molecule has 18 heavy (non-hydrogen) atoms. The summed E-state index contributed by atoms with van der Waals surface area (Å²) < 4.78 is 7.60. The van der Waals surface area contributed by atoms with E-state index in [1.165, 1.54) is 0 Å². The third-order valence-corrected chi connectivity index (χ3v) is 2.54. The fraction of sp³-hybridized carbons (Fsp3) is 0.357. The largest absolute Gasteiger partial charge is 0.491 e. The normalized spacial score (nSPS) is 10.9. The number of ether oxygens (including phenoxy) is 1. The molecule has 0 saturated heterocycles. The van der Waals surface area contributed by atoms with E-state index in [-0.39, 0.29) is 6.10 Å². The highest BCUT2D eigenvalue weighted by Gasteiger charge is 2.01. The Bertz CT molecular complexity index is 488. The number of nitrogens with zero attached hydrogens (tertiary/aromatic N) is 2. The molecule has 0 aliphatic heterocycles. The first-order valence-corrected chi connectivity index (χ1v) is 6.19. The molecule has 0 unspecified atom stereocenters. The lowest BCUT2D eigenvalue weighted by Gasteiger charge is -2.10. The molecule has 0 aliphatic carbocycles. The third-order valence-electron chi connectivity index (χ3n) is 2.54. The van der Waals surface area contributed by atoms with Crippen molar-refractivity contribution in [1.82, 2.24) is 9.55 Å². The summed E-state index contributed by atoms with van der Waals surface area (Å²) in [5.74, 6) is 0.885. The van der Waals surface area contributed by atoms with Crippen molar-refractivity contribution in [2.24, 2.45) is 5.73 Å². The Morgan fingerprint density at radius 2 is 2.00 bits per heavy atom. The number of hydrogen-bond donors (Lipinski definition) is 1. The van der Waals surface area contributed by atoms with Gasteiger partial charge in [-0.05, 0) is 44.7 Å². The lowest BCUT2D eigenvalue weighted by Crippen LogP contribution is -2.05. The van der Waals surface area contributed by atoms with Crippen LogP contribution in [0.3, 0.4) is 0 Å². The fourth-order valence-electron chi connectivity index (χ4n) is 1.75. The van der Waals surface area contributed by atoms with E-state index in [2.05, 4.69) is 4.98 Å². The molecule has 2 aromatic rings. The summed E-state index contributed by atoms with van der Waals surface area (Å²) in [5, 5.41) is 0. The molecule has 0 amide bonds. The number of hydrogen-bond acceptors (Lipinski definition) is 3. The Hall–Kier alpha value is -1.81. The Kier molecular flexibility index (Phi) is 3.99. The second kappa shape index (κ2) is 5.69. The highest BCUT2D eigenvalue weighted by Crippen LogP contribution is 2.16. The number of nitrogens with two attached hydrogens (primary N) is 1. The minimum atomic E-state index is 0.195. The van der Waals surface area contributed by atoms with E-state index in [1.54, 1.807) is 0 Å². The predicted octanol–water partition coefficient (Wildman–Crippen LogP) is 2.16. The van der Waals surface area contributed by atoms with Gasteiger partial charge in [0.1, 0.15) is 5.75 Å². The number of imidazole rings is 1. The molecule has 0 atom stereocenters. The van der Waals surface area contributed by atoms with Crippen LogP contribution in [0, 0.1) is 0 Å². The van der Waals surface area contributed by atoms with Crippen LogP contribution in [0.4, 0.5) is 0 Å². The Morgan fingerprint density at radius 1 is 1.28 bits per heavy atom. The van der Waals surface area contributed by atoms with E-state index in [0.29, 0.717) is 6.54 Å². The molecule has 2 rings (SSSR count). The van der Waals surface area contributed by atoms with E-state index in [1.807, 2.05) is 55.2 Å².